The molecule has 1 aromatic carbocycles. The van der Waals surface area contributed by atoms with E-state index in [9.17, 15) is 46.1 Å². The monoisotopic (exact) mass is 432 g/mol. The van der Waals surface area contributed by atoms with Crippen molar-refractivity contribution < 1.29 is 36.1 Å². The summed E-state index contributed by atoms with van der Waals surface area (Å²) in [5, 5.41) is 13.2. The number of fused-ring (bicyclic) bond motifs is 1. The van der Waals surface area contributed by atoms with Crippen LogP contribution < -0.4 is 16.6 Å². The van der Waals surface area contributed by atoms with Gasteiger partial charge in [0.1, 0.15) is 11.5 Å². The number of pyridine rings is 1. The number of hydrogen-bond donors (Lipinski definition) is 2. The number of rotatable bonds is 3. The molecule has 1 aliphatic rings. The van der Waals surface area contributed by atoms with Crippen LogP contribution in [0.2, 0.25) is 0 Å². The summed E-state index contributed by atoms with van der Waals surface area (Å²) >= 11 is 0. The van der Waals surface area contributed by atoms with Crippen LogP contribution in [0.15, 0.2) is 34.0 Å². The summed E-state index contributed by atoms with van der Waals surface area (Å²) in [6, 6.07) is 1.74. The van der Waals surface area contributed by atoms with E-state index in [1.807, 2.05) is 5.32 Å². The number of hydrogen-bond acceptors (Lipinski definition) is 8. The number of alkyl halides is 3. The van der Waals surface area contributed by atoms with E-state index in [1.165, 1.54) is 0 Å². The summed E-state index contributed by atoms with van der Waals surface area (Å²) in [5.74, 6) is -2.61. The number of halogens is 3. The molecule has 2 aromatic rings. The van der Waals surface area contributed by atoms with Gasteiger partial charge in [-0.2, -0.15) is 13.2 Å². The number of anilines is 1. The third kappa shape index (κ3) is 2.91. The Bertz CT molecular complexity index is 1280. The predicted octanol–water partition coefficient (Wildman–Crippen LogP) is 0.505. The zero-order valence-corrected chi connectivity index (χ0v) is 14.5. The van der Waals surface area contributed by atoms with E-state index in [2.05, 4.69) is 0 Å². The number of nitro groups is 1. The minimum Gasteiger partial charge on any atom is -0.384 e. The molecule has 15 heteroatoms. The quantitative estimate of drug-likeness (QED) is 0.401. The van der Waals surface area contributed by atoms with Crippen molar-refractivity contribution in [2.45, 2.75) is 10.4 Å². The first-order chi connectivity index (χ1) is 13.3. The number of nitrogens with zero attached hydrogens (tertiary/aromatic N) is 2. The Labute approximate surface area is 157 Å². The molecule has 2 heterocycles. The standard InChI is InChI=1S/C14H7F3N4O7S/c15-14(16,17)29(27,28)5-1-2-7(8(3-5)21(25)26)20-9(22)4-6-10(11(20)18)13(24)19-12(6)23/h1-4H,18H2,(H,19,23,24). The third-order valence-electron chi connectivity index (χ3n) is 3.95. The van der Waals surface area contributed by atoms with Crippen molar-refractivity contribution in [2.75, 3.05) is 5.73 Å². The van der Waals surface area contributed by atoms with Crippen molar-refractivity contribution in [1.29, 1.82) is 0 Å². The van der Waals surface area contributed by atoms with E-state index >= 15 is 0 Å². The highest BCUT2D eigenvalue weighted by Crippen LogP contribution is 2.35. The van der Waals surface area contributed by atoms with Gasteiger partial charge in [-0.15, -0.1) is 0 Å². The van der Waals surface area contributed by atoms with Gasteiger partial charge in [-0.05, 0) is 12.1 Å². The number of sulfone groups is 1. The number of nitrogens with two attached hydrogens (primary N) is 1. The van der Waals surface area contributed by atoms with Gasteiger partial charge >= 0.3 is 5.51 Å². The summed E-state index contributed by atoms with van der Waals surface area (Å²) in [6.07, 6.45) is 0. The number of amides is 2. The van der Waals surface area contributed by atoms with E-state index in [0.29, 0.717) is 22.8 Å². The highest BCUT2D eigenvalue weighted by atomic mass is 32.2. The van der Waals surface area contributed by atoms with Crippen LogP contribution in [0, 0.1) is 10.1 Å². The molecule has 0 fully saturated rings. The molecule has 0 bridgehead atoms. The molecule has 0 atom stereocenters. The first kappa shape index (κ1) is 20.0. The van der Waals surface area contributed by atoms with Crippen LogP contribution in [0.3, 0.4) is 0 Å². The molecule has 1 aromatic heterocycles. The highest BCUT2D eigenvalue weighted by molar-refractivity contribution is 7.92. The SMILES string of the molecule is Nc1c2c(cc(=O)n1-c1ccc(S(=O)(=O)C(F)(F)F)cc1[N+](=O)[O-])C(=O)NC2=O. The number of nitro benzene ring substituents is 1. The zero-order chi connectivity index (χ0) is 21.9. The normalized spacial score (nSPS) is 13.9. The fourth-order valence-corrected chi connectivity index (χ4v) is 3.45. The van der Waals surface area contributed by atoms with Gasteiger partial charge in [-0.25, -0.2) is 8.42 Å². The number of nitrogens with one attached hydrogen (secondary N) is 1. The Kier molecular flexibility index (Phi) is 4.23. The van der Waals surface area contributed by atoms with E-state index in [1.54, 1.807) is 0 Å². The molecule has 0 aliphatic carbocycles. The fourth-order valence-electron chi connectivity index (χ4n) is 2.67. The lowest BCUT2D eigenvalue weighted by Gasteiger charge is -2.13. The second-order valence-corrected chi connectivity index (χ2v) is 7.57. The zero-order valence-electron chi connectivity index (χ0n) is 13.7. The molecule has 0 radical (unpaired) electrons. The number of benzene rings is 1. The molecule has 2 amide bonds. The highest BCUT2D eigenvalue weighted by Gasteiger charge is 2.47. The Balaban J connectivity index is 2.33. The maximum Gasteiger partial charge on any atom is 0.501 e. The van der Waals surface area contributed by atoms with Gasteiger partial charge in [0, 0.05) is 12.1 Å². The summed E-state index contributed by atoms with van der Waals surface area (Å²) in [5.41, 5.74) is -3.86. The number of imide groups is 1. The van der Waals surface area contributed by atoms with Crippen LogP contribution in [-0.2, 0) is 9.84 Å². The Morgan fingerprint density at radius 1 is 1.10 bits per heavy atom. The van der Waals surface area contributed by atoms with Crippen LogP contribution >= 0.6 is 0 Å². The lowest BCUT2D eigenvalue weighted by molar-refractivity contribution is -0.384. The van der Waals surface area contributed by atoms with Crippen molar-refractivity contribution in [2.24, 2.45) is 0 Å². The van der Waals surface area contributed by atoms with Crippen molar-refractivity contribution in [3.05, 3.63) is 55.9 Å². The lowest BCUT2D eigenvalue weighted by Crippen LogP contribution is -2.26. The molecule has 0 saturated carbocycles. The molecular weight excluding hydrogens is 425 g/mol. The first-order valence-corrected chi connectivity index (χ1v) is 8.77. The maximum absolute atomic E-state index is 12.7. The fraction of sp³-hybridized carbons (Fsp3) is 0.0714. The topological polar surface area (TPSA) is 171 Å². The van der Waals surface area contributed by atoms with Crippen LogP contribution in [0.4, 0.5) is 24.7 Å². The van der Waals surface area contributed by atoms with Crippen molar-refractivity contribution in [1.82, 2.24) is 9.88 Å². The minimum absolute atomic E-state index is 0.114. The number of carbonyl (C=O) groups excluding carboxylic acids is 2. The summed E-state index contributed by atoms with van der Waals surface area (Å²) < 4.78 is 61.6. The Morgan fingerprint density at radius 3 is 2.28 bits per heavy atom. The molecule has 1 aliphatic heterocycles. The van der Waals surface area contributed by atoms with Crippen molar-refractivity contribution in [3.8, 4) is 5.69 Å². The van der Waals surface area contributed by atoms with E-state index in [-0.39, 0.29) is 11.6 Å². The van der Waals surface area contributed by atoms with Gasteiger partial charge < -0.3 is 5.73 Å². The molecule has 11 nitrogen and oxygen atoms in total. The third-order valence-corrected chi connectivity index (χ3v) is 5.44. The minimum atomic E-state index is -5.91. The molecular formula is C14H7F3N4O7S. The van der Waals surface area contributed by atoms with Gasteiger partial charge in [-0.1, -0.05) is 0 Å². The van der Waals surface area contributed by atoms with Crippen LogP contribution in [0.5, 0.6) is 0 Å². The average Bonchev–Trinajstić information content (AvgIpc) is 2.87. The summed E-state index contributed by atoms with van der Waals surface area (Å²) in [4.78, 5) is 44.5. The largest absolute Gasteiger partial charge is 0.501 e. The Morgan fingerprint density at radius 2 is 1.72 bits per heavy atom. The molecule has 0 spiro atoms. The van der Waals surface area contributed by atoms with Gasteiger partial charge in [-0.3, -0.25) is 34.4 Å². The Hall–Kier alpha value is -3.75. The summed E-state index contributed by atoms with van der Waals surface area (Å²) in [6.45, 7) is 0. The smallest absolute Gasteiger partial charge is 0.384 e. The number of nitrogen functional groups attached to an aromatic ring is 1. The van der Waals surface area contributed by atoms with Gasteiger partial charge in [0.05, 0.1) is 20.9 Å². The molecule has 0 unspecified atom stereocenters. The van der Waals surface area contributed by atoms with Gasteiger partial charge in [0.25, 0.3) is 32.9 Å². The molecule has 3 N–H and O–H groups in total. The number of aromatic nitrogens is 1. The second-order valence-electron chi connectivity index (χ2n) is 5.63. The molecule has 3 rings (SSSR count). The molecule has 0 saturated heterocycles. The van der Waals surface area contributed by atoms with E-state index in [0.717, 1.165) is 0 Å². The first-order valence-electron chi connectivity index (χ1n) is 7.28. The van der Waals surface area contributed by atoms with Crippen molar-refractivity contribution >= 4 is 33.2 Å². The van der Waals surface area contributed by atoms with Gasteiger partial charge in [0.15, 0.2) is 0 Å². The van der Waals surface area contributed by atoms with Crippen LogP contribution in [0.25, 0.3) is 5.69 Å². The van der Waals surface area contributed by atoms with Crippen molar-refractivity contribution in [3.63, 3.8) is 0 Å². The van der Waals surface area contributed by atoms with Crippen LogP contribution in [0.1, 0.15) is 20.7 Å². The number of carbonyl (C=O) groups is 2. The summed E-state index contributed by atoms with van der Waals surface area (Å²) in [7, 11) is -5.91. The van der Waals surface area contributed by atoms with Crippen LogP contribution in [-0.4, -0.2) is 35.2 Å². The predicted molar refractivity (Wildman–Crippen MR) is 88.1 cm³/mol. The van der Waals surface area contributed by atoms with E-state index in [4.69, 9.17) is 5.73 Å². The lowest BCUT2D eigenvalue weighted by atomic mass is 10.1. The maximum atomic E-state index is 12.7. The average molecular weight is 432 g/mol. The second kappa shape index (κ2) is 6.13. The molecule has 29 heavy (non-hydrogen) atoms. The van der Waals surface area contributed by atoms with E-state index < -0.39 is 65.3 Å². The van der Waals surface area contributed by atoms with Gasteiger partial charge in [0.2, 0.25) is 0 Å². The molecule has 152 valence electrons.